The summed E-state index contributed by atoms with van der Waals surface area (Å²) in [5, 5.41) is 0. The summed E-state index contributed by atoms with van der Waals surface area (Å²) >= 11 is 0. The quantitative estimate of drug-likeness (QED) is 0.798. The lowest BCUT2D eigenvalue weighted by atomic mass is 9.95. The first-order valence-electron chi connectivity index (χ1n) is 7.75. The summed E-state index contributed by atoms with van der Waals surface area (Å²) in [5.41, 5.74) is 3.65. The normalized spacial score (nSPS) is 18.3. The largest absolute Gasteiger partial charge is 0.457 e. The average molecular weight is 297 g/mol. The molecule has 2 aromatic carbocycles. The highest BCUT2D eigenvalue weighted by atomic mass is 19.1. The van der Waals surface area contributed by atoms with Crippen molar-refractivity contribution >= 4 is 0 Å². The summed E-state index contributed by atoms with van der Waals surface area (Å²) in [7, 11) is 4.02. The molecule has 3 rings (SSSR count). The SMILES string of the molecule is [CH2-]N1CCN(C(c2ccc(C)cc2)c2ccc(F)cc2)CC1. The first kappa shape index (κ1) is 15.2. The Morgan fingerprint density at radius 3 is 1.91 bits per heavy atom. The molecule has 0 spiro atoms. The third-order valence-electron chi connectivity index (χ3n) is 4.35. The Morgan fingerprint density at radius 2 is 1.36 bits per heavy atom. The van der Waals surface area contributed by atoms with Crippen LogP contribution in [0.25, 0.3) is 0 Å². The molecule has 0 aromatic heterocycles. The molecular formula is C19H22FN2-. The lowest BCUT2D eigenvalue weighted by Gasteiger charge is -2.41. The van der Waals surface area contributed by atoms with Crippen molar-refractivity contribution in [3.8, 4) is 0 Å². The number of halogens is 1. The first-order chi connectivity index (χ1) is 10.6. The van der Waals surface area contributed by atoms with Crippen molar-refractivity contribution in [2.45, 2.75) is 13.0 Å². The molecule has 2 nitrogen and oxygen atoms in total. The van der Waals surface area contributed by atoms with Gasteiger partial charge in [0.1, 0.15) is 5.82 Å². The number of aryl methyl sites for hydroxylation is 1. The Balaban J connectivity index is 1.94. The van der Waals surface area contributed by atoms with Crippen molar-refractivity contribution < 1.29 is 4.39 Å². The monoisotopic (exact) mass is 297 g/mol. The van der Waals surface area contributed by atoms with Crippen LogP contribution in [0.4, 0.5) is 4.39 Å². The van der Waals surface area contributed by atoms with E-state index in [0.29, 0.717) is 0 Å². The van der Waals surface area contributed by atoms with E-state index in [4.69, 9.17) is 0 Å². The van der Waals surface area contributed by atoms with Gasteiger partial charge >= 0.3 is 0 Å². The maximum absolute atomic E-state index is 13.3. The molecule has 1 unspecified atom stereocenters. The smallest absolute Gasteiger partial charge is 0.123 e. The summed E-state index contributed by atoms with van der Waals surface area (Å²) in [4.78, 5) is 4.56. The Hall–Kier alpha value is -1.71. The number of piperazine rings is 1. The van der Waals surface area contributed by atoms with E-state index >= 15 is 0 Å². The van der Waals surface area contributed by atoms with Crippen molar-refractivity contribution in [2.75, 3.05) is 26.2 Å². The van der Waals surface area contributed by atoms with Crippen LogP contribution >= 0.6 is 0 Å². The van der Waals surface area contributed by atoms with Crippen LogP contribution < -0.4 is 0 Å². The standard InChI is InChI=1S/C19H22FN2/c1-15-3-5-16(6-4-15)19(17-7-9-18(20)10-8-17)22-13-11-21(2)12-14-22/h3-10,19H,2,11-14H2,1H3/q-1. The fraction of sp³-hybridized carbons (Fsp3) is 0.316. The van der Waals surface area contributed by atoms with Crippen molar-refractivity contribution in [1.82, 2.24) is 9.80 Å². The van der Waals surface area contributed by atoms with E-state index in [2.05, 4.69) is 48.0 Å². The van der Waals surface area contributed by atoms with Crippen LogP contribution in [0, 0.1) is 19.8 Å². The molecule has 1 fully saturated rings. The Kier molecular flexibility index (Phi) is 4.55. The van der Waals surface area contributed by atoms with Crippen molar-refractivity contribution in [2.24, 2.45) is 0 Å². The zero-order valence-corrected chi connectivity index (χ0v) is 13.0. The summed E-state index contributed by atoms with van der Waals surface area (Å²) in [6, 6.07) is 15.7. The number of hydrogen-bond acceptors (Lipinski definition) is 2. The average Bonchev–Trinajstić information content (AvgIpc) is 2.53. The zero-order chi connectivity index (χ0) is 15.5. The summed E-state index contributed by atoms with van der Waals surface area (Å²) in [6.07, 6.45) is 0. The van der Waals surface area contributed by atoms with E-state index in [-0.39, 0.29) is 11.9 Å². The van der Waals surface area contributed by atoms with Crippen LogP contribution in [-0.2, 0) is 0 Å². The van der Waals surface area contributed by atoms with Crippen LogP contribution in [0.15, 0.2) is 48.5 Å². The first-order valence-corrected chi connectivity index (χ1v) is 7.75. The second-order valence-corrected chi connectivity index (χ2v) is 6.02. The minimum absolute atomic E-state index is 0.176. The third-order valence-corrected chi connectivity index (χ3v) is 4.35. The van der Waals surface area contributed by atoms with Gasteiger partial charge in [-0.1, -0.05) is 42.0 Å². The van der Waals surface area contributed by atoms with Gasteiger partial charge in [0.05, 0.1) is 6.04 Å². The molecule has 1 aliphatic rings. The van der Waals surface area contributed by atoms with E-state index in [1.165, 1.54) is 11.1 Å². The fourth-order valence-electron chi connectivity index (χ4n) is 3.03. The van der Waals surface area contributed by atoms with E-state index < -0.39 is 0 Å². The fourth-order valence-corrected chi connectivity index (χ4v) is 3.03. The Labute approximate surface area is 132 Å². The number of hydrogen-bond donors (Lipinski definition) is 0. The zero-order valence-electron chi connectivity index (χ0n) is 13.0. The maximum atomic E-state index is 13.3. The van der Waals surface area contributed by atoms with Crippen LogP contribution in [0.3, 0.4) is 0 Å². The molecule has 1 saturated heterocycles. The molecule has 1 aliphatic heterocycles. The summed E-state index contributed by atoms with van der Waals surface area (Å²) in [5.74, 6) is -0.186. The second kappa shape index (κ2) is 6.59. The molecular weight excluding hydrogens is 275 g/mol. The van der Waals surface area contributed by atoms with Gasteiger partial charge in [0.25, 0.3) is 0 Å². The lowest BCUT2D eigenvalue weighted by molar-refractivity contribution is 0.137. The molecule has 116 valence electrons. The summed E-state index contributed by atoms with van der Waals surface area (Å²) in [6.45, 7) is 5.96. The molecule has 0 aliphatic carbocycles. The van der Waals surface area contributed by atoms with Gasteiger partial charge in [-0.05, 0) is 43.3 Å². The van der Waals surface area contributed by atoms with Crippen molar-refractivity contribution in [1.29, 1.82) is 0 Å². The van der Waals surface area contributed by atoms with Gasteiger partial charge in [0.2, 0.25) is 0 Å². The lowest BCUT2D eigenvalue weighted by Crippen LogP contribution is -2.45. The van der Waals surface area contributed by atoms with Gasteiger partial charge in [-0.3, -0.25) is 11.9 Å². The van der Waals surface area contributed by atoms with E-state index in [0.717, 1.165) is 31.7 Å². The van der Waals surface area contributed by atoms with E-state index in [1.807, 2.05) is 12.1 Å². The van der Waals surface area contributed by atoms with Gasteiger partial charge in [-0.2, -0.15) is 0 Å². The van der Waals surface area contributed by atoms with Gasteiger partial charge in [0, 0.05) is 13.1 Å². The number of benzene rings is 2. The minimum Gasteiger partial charge on any atom is -0.457 e. The molecule has 0 radical (unpaired) electrons. The van der Waals surface area contributed by atoms with Crippen molar-refractivity contribution in [3.05, 3.63) is 78.1 Å². The van der Waals surface area contributed by atoms with Gasteiger partial charge in [-0.25, -0.2) is 4.39 Å². The molecule has 0 saturated carbocycles. The van der Waals surface area contributed by atoms with E-state index in [1.54, 1.807) is 12.1 Å². The number of nitrogens with zero attached hydrogens (tertiary/aromatic N) is 2. The molecule has 3 heteroatoms. The van der Waals surface area contributed by atoms with Crippen LogP contribution in [0.1, 0.15) is 22.7 Å². The molecule has 0 bridgehead atoms. The predicted molar refractivity (Wildman–Crippen MR) is 87.9 cm³/mol. The molecule has 0 N–H and O–H groups in total. The molecule has 1 heterocycles. The van der Waals surface area contributed by atoms with Crippen LogP contribution in [-0.4, -0.2) is 36.0 Å². The molecule has 0 amide bonds. The molecule has 22 heavy (non-hydrogen) atoms. The van der Waals surface area contributed by atoms with Crippen molar-refractivity contribution in [3.63, 3.8) is 0 Å². The number of rotatable bonds is 3. The second-order valence-electron chi connectivity index (χ2n) is 6.02. The molecule has 1 atom stereocenters. The predicted octanol–water partition coefficient (Wildman–Crippen LogP) is 3.63. The minimum atomic E-state index is -0.186. The van der Waals surface area contributed by atoms with Gasteiger partial charge in [-0.15, -0.1) is 0 Å². The topological polar surface area (TPSA) is 6.48 Å². The van der Waals surface area contributed by atoms with Crippen LogP contribution in [0.5, 0.6) is 0 Å². The maximum Gasteiger partial charge on any atom is 0.123 e. The highest BCUT2D eigenvalue weighted by Gasteiger charge is 2.24. The Bertz CT molecular complexity index is 553. The third kappa shape index (κ3) is 3.37. The Morgan fingerprint density at radius 1 is 0.864 bits per heavy atom. The summed E-state index contributed by atoms with van der Waals surface area (Å²) < 4.78 is 13.3. The van der Waals surface area contributed by atoms with Gasteiger partial charge < -0.3 is 4.90 Å². The van der Waals surface area contributed by atoms with E-state index in [9.17, 15) is 4.39 Å². The molecule has 2 aromatic rings. The highest BCUT2D eigenvalue weighted by molar-refractivity contribution is 5.33. The van der Waals surface area contributed by atoms with Crippen LogP contribution in [0.2, 0.25) is 0 Å². The van der Waals surface area contributed by atoms with Gasteiger partial charge in [0.15, 0.2) is 0 Å². The highest BCUT2D eigenvalue weighted by Crippen LogP contribution is 2.30.